The Morgan fingerprint density at radius 1 is 1.32 bits per heavy atom. The molecule has 3 nitrogen and oxygen atoms in total. The first-order chi connectivity index (χ1) is 9.02. The first-order valence-corrected chi connectivity index (χ1v) is 8.06. The molecule has 3 heteroatoms. The monoisotopic (exact) mass is 266 g/mol. The maximum absolute atomic E-state index is 12.4. The molecule has 2 aliphatic rings. The number of amides is 1. The van der Waals surface area contributed by atoms with Crippen LogP contribution in [0.2, 0.25) is 0 Å². The van der Waals surface area contributed by atoms with Gasteiger partial charge in [-0.1, -0.05) is 26.7 Å². The molecular formula is C16H30N2O. The van der Waals surface area contributed by atoms with E-state index in [1.165, 1.54) is 32.1 Å². The van der Waals surface area contributed by atoms with Crippen molar-refractivity contribution in [3.05, 3.63) is 0 Å². The van der Waals surface area contributed by atoms with Crippen molar-refractivity contribution in [2.45, 2.75) is 71.3 Å². The third kappa shape index (κ3) is 3.95. The van der Waals surface area contributed by atoms with Crippen LogP contribution >= 0.6 is 0 Å². The average Bonchev–Trinajstić information content (AvgIpc) is 2.39. The molecule has 2 atom stereocenters. The molecule has 1 heterocycles. The van der Waals surface area contributed by atoms with Gasteiger partial charge in [0.1, 0.15) is 0 Å². The highest BCUT2D eigenvalue weighted by Gasteiger charge is 2.31. The fourth-order valence-electron chi connectivity index (χ4n) is 3.54. The molecule has 2 N–H and O–H groups in total. The summed E-state index contributed by atoms with van der Waals surface area (Å²) in [5, 5.41) is 0. The number of rotatable bonds is 3. The number of nitrogens with zero attached hydrogens (tertiary/aromatic N) is 1. The summed E-state index contributed by atoms with van der Waals surface area (Å²) in [5.41, 5.74) is 6.47. The van der Waals surface area contributed by atoms with E-state index in [4.69, 9.17) is 5.73 Å². The van der Waals surface area contributed by atoms with Crippen LogP contribution in [0.5, 0.6) is 0 Å². The van der Waals surface area contributed by atoms with Gasteiger partial charge in [0.15, 0.2) is 0 Å². The van der Waals surface area contributed by atoms with Gasteiger partial charge in [0, 0.05) is 25.6 Å². The molecule has 2 fully saturated rings. The molecule has 0 aromatic carbocycles. The van der Waals surface area contributed by atoms with Crippen LogP contribution < -0.4 is 5.73 Å². The molecule has 1 amide bonds. The van der Waals surface area contributed by atoms with Crippen molar-refractivity contribution in [3.63, 3.8) is 0 Å². The van der Waals surface area contributed by atoms with Crippen LogP contribution in [0.25, 0.3) is 0 Å². The highest BCUT2D eigenvalue weighted by atomic mass is 16.2. The maximum Gasteiger partial charge on any atom is 0.222 e. The molecule has 0 aromatic heterocycles. The molecule has 1 aliphatic heterocycles. The second-order valence-electron chi connectivity index (χ2n) is 7.04. The van der Waals surface area contributed by atoms with Crippen molar-refractivity contribution >= 4 is 5.91 Å². The molecule has 2 unspecified atom stereocenters. The van der Waals surface area contributed by atoms with Crippen molar-refractivity contribution in [3.8, 4) is 0 Å². The van der Waals surface area contributed by atoms with E-state index in [2.05, 4.69) is 18.7 Å². The third-order valence-corrected chi connectivity index (χ3v) is 5.46. The lowest BCUT2D eigenvalue weighted by atomic mass is 9.78. The van der Waals surface area contributed by atoms with Crippen molar-refractivity contribution in [2.24, 2.45) is 17.1 Å². The minimum absolute atomic E-state index is 0.330. The van der Waals surface area contributed by atoms with E-state index in [0.29, 0.717) is 23.3 Å². The van der Waals surface area contributed by atoms with Gasteiger partial charge in [-0.2, -0.15) is 0 Å². The first kappa shape index (κ1) is 14.8. The number of carbonyl (C=O) groups excluding carboxylic acids is 1. The number of nitrogens with two attached hydrogens (primary N) is 1. The molecule has 2 rings (SSSR count). The van der Waals surface area contributed by atoms with E-state index >= 15 is 0 Å². The fraction of sp³-hybridized carbons (Fsp3) is 0.938. The zero-order chi connectivity index (χ0) is 13.9. The first-order valence-electron chi connectivity index (χ1n) is 8.06. The standard InChI is InChI=1S/C16H30N2O/c1-3-16(2)7-9-18(10-8-16)15(19)12-13-5-4-6-14(17)11-13/h13-14H,3-12,17H2,1-2H3. The summed E-state index contributed by atoms with van der Waals surface area (Å²) >= 11 is 0. The van der Waals surface area contributed by atoms with E-state index in [9.17, 15) is 4.79 Å². The van der Waals surface area contributed by atoms with Gasteiger partial charge in [-0.15, -0.1) is 0 Å². The largest absolute Gasteiger partial charge is 0.343 e. The summed E-state index contributed by atoms with van der Waals surface area (Å²) in [6, 6.07) is 0.330. The number of hydrogen-bond donors (Lipinski definition) is 1. The van der Waals surface area contributed by atoms with E-state index in [1.807, 2.05) is 0 Å². The van der Waals surface area contributed by atoms with E-state index in [-0.39, 0.29) is 0 Å². The number of piperidine rings is 1. The zero-order valence-electron chi connectivity index (χ0n) is 12.7. The van der Waals surface area contributed by atoms with Crippen LogP contribution in [0, 0.1) is 11.3 Å². The van der Waals surface area contributed by atoms with Crippen molar-refractivity contribution in [2.75, 3.05) is 13.1 Å². The minimum atomic E-state index is 0.330. The normalized spacial score (nSPS) is 31.2. The summed E-state index contributed by atoms with van der Waals surface area (Å²) in [5.74, 6) is 0.910. The van der Waals surface area contributed by atoms with Gasteiger partial charge in [0.2, 0.25) is 5.91 Å². The van der Waals surface area contributed by atoms with Gasteiger partial charge >= 0.3 is 0 Å². The topological polar surface area (TPSA) is 46.3 Å². The van der Waals surface area contributed by atoms with Gasteiger partial charge in [-0.3, -0.25) is 4.79 Å². The molecule has 1 saturated carbocycles. The van der Waals surface area contributed by atoms with Crippen molar-refractivity contribution < 1.29 is 4.79 Å². The van der Waals surface area contributed by atoms with Gasteiger partial charge in [0.05, 0.1) is 0 Å². The Labute approximate surface area is 117 Å². The smallest absolute Gasteiger partial charge is 0.222 e. The number of carbonyl (C=O) groups is 1. The predicted molar refractivity (Wildman–Crippen MR) is 78.8 cm³/mol. The summed E-state index contributed by atoms with van der Waals surface area (Å²) in [7, 11) is 0. The lowest BCUT2D eigenvalue weighted by Crippen LogP contribution is -2.43. The summed E-state index contributed by atoms with van der Waals surface area (Å²) in [6.07, 6.45) is 8.88. The fourth-order valence-corrected chi connectivity index (χ4v) is 3.54. The Balaban J connectivity index is 1.78. The van der Waals surface area contributed by atoms with Crippen LogP contribution in [-0.4, -0.2) is 29.9 Å². The van der Waals surface area contributed by atoms with Crippen molar-refractivity contribution in [1.82, 2.24) is 4.90 Å². The van der Waals surface area contributed by atoms with Crippen LogP contribution in [0.3, 0.4) is 0 Å². The summed E-state index contributed by atoms with van der Waals surface area (Å²) < 4.78 is 0. The van der Waals surface area contributed by atoms with Crippen LogP contribution in [0.15, 0.2) is 0 Å². The maximum atomic E-state index is 12.4. The predicted octanol–water partition coefficient (Wildman–Crippen LogP) is 2.93. The SMILES string of the molecule is CCC1(C)CCN(C(=O)CC2CCCC(N)C2)CC1. The molecule has 0 spiro atoms. The minimum Gasteiger partial charge on any atom is -0.343 e. The average molecular weight is 266 g/mol. The molecule has 0 aromatic rings. The van der Waals surface area contributed by atoms with Crippen LogP contribution in [0.1, 0.15) is 65.2 Å². The molecule has 1 saturated heterocycles. The molecule has 0 bridgehead atoms. The molecule has 110 valence electrons. The Morgan fingerprint density at radius 2 is 2.00 bits per heavy atom. The van der Waals surface area contributed by atoms with Gasteiger partial charge in [0.25, 0.3) is 0 Å². The molecule has 0 radical (unpaired) electrons. The van der Waals surface area contributed by atoms with Gasteiger partial charge in [-0.25, -0.2) is 0 Å². The molecule has 1 aliphatic carbocycles. The Hall–Kier alpha value is -0.570. The van der Waals surface area contributed by atoms with Gasteiger partial charge < -0.3 is 10.6 Å². The van der Waals surface area contributed by atoms with Crippen LogP contribution in [0.4, 0.5) is 0 Å². The van der Waals surface area contributed by atoms with Gasteiger partial charge in [-0.05, 0) is 43.4 Å². The molecule has 19 heavy (non-hydrogen) atoms. The lowest BCUT2D eigenvalue weighted by molar-refractivity contribution is -0.134. The highest BCUT2D eigenvalue weighted by molar-refractivity contribution is 5.76. The second kappa shape index (κ2) is 6.25. The quantitative estimate of drug-likeness (QED) is 0.853. The molecular weight excluding hydrogens is 236 g/mol. The van der Waals surface area contributed by atoms with E-state index < -0.39 is 0 Å². The summed E-state index contributed by atoms with van der Waals surface area (Å²) in [6.45, 7) is 6.54. The second-order valence-corrected chi connectivity index (χ2v) is 7.04. The van der Waals surface area contributed by atoms with E-state index in [0.717, 1.165) is 32.4 Å². The third-order valence-electron chi connectivity index (χ3n) is 5.46. The summed E-state index contributed by atoms with van der Waals surface area (Å²) in [4.78, 5) is 14.5. The highest BCUT2D eigenvalue weighted by Crippen LogP contribution is 2.34. The number of hydrogen-bond acceptors (Lipinski definition) is 2. The zero-order valence-corrected chi connectivity index (χ0v) is 12.7. The van der Waals surface area contributed by atoms with Crippen molar-refractivity contribution in [1.29, 1.82) is 0 Å². The lowest BCUT2D eigenvalue weighted by Gasteiger charge is -2.39. The van der Waals surface area contributed by atoms with E-state index in [1.54, 1.807) is 0 Å². The Kier molecular flexibility index (Phi) is 4.88. The Bertz CT molecular complexity index is 308. The Morgan fingerprint density at radius 3 is 2.58 bits per heavy atom. The number of likely N-dealkylation sites (tertiary alicyclic amines) is 1. The van der Waals surface area contributed by atoms with Crippen LogP contribution in [-0.2, 0) is 4.79 Å².